The molecule has 1 saturated heterocycles. The van der Waals surface area contributed by atoms with Gasteiger partial charge >= 0.3 is 0 Å². The monoisotopic (exact) mass is 379 g/mol. The molecule has 2 aromatic heterocycles. The Morgan fingerprint density at radius 2 is 2.12 bits per heavy atom. The fourth-order valence-electron chi connectivity index (χ4n) is 3.33. The molecular weight excluding hydrogens is 354 g/mol. The van der Waals surface area contributed by atoms with Gasteiger partial charge in [-0.25, -0.2) is 22.8 Å². The molecule has 3 heterocycles. The molecule has 0 aromatic carbocycles. The molecule has 3 rings (SSSR count). The maximum absolute atomic E-state index is 12.8. The number of aromatic nitrogens is 3. The van der Waals surface area contributed by atoms with Gasteiger partial charge in [-0.15, -0.1) is 0 Å². The molecule has 0 atom stereocenters. The van der Waals surface area contributed by atoms with Crippen LogP contribution in [-0.4, -0.2) is 56.5 Å². The minimum atomic E-state index is -3.67. The van der Waals surface area contributed by atoms with Crippen LogP contribution >= 0.6 is 0 Å². The zero-order valence-corrected chi connectivity index (χ0v) is 15.9. The van der Waals surface area contributed by atoms with E-state index in [0.29, 0.717) is 24.7 Å². The van der Waals surface area contributed by atoms with Crippen LogP contribution in [0.5, 0.6) is 0 Å². The van der Waals surface area contributed by atoms with Crippen LogP contribution in [0.3, 0.4) is 0 Å². The van der Waals surface area contributed by atoms with Crippen LogP contribution in [0.4, 0.5) is 0 Å². The second-order valence-electron chi connectivity index (χ2n) is 6.70. The fourth-order valence-corrected chi connectivity index (χ4v) is 4.64. The zero-order valence-electron chi connectivity index (χ0n) is 15.1. The summed E-state index contributed by atoms with van der Waals surface area (Å²) in [4.78, 5) is 4.39. The Bertz CT molecular complexity index is 824. The minimum absolute atomic E-state index is 0.171. The number of piperidine rings is 1. The maximum Gasteiger partial charge on any atom is 0.243 e. The summed E-state index contributed by atoms with van der Waals surface area (Å²) in [5.41, 5.74) is 0.347. The Labute approximate surface area is 154 Å². The highest BCUT2D eigenvalue weighted by atomic mass is 32.2. The summed E-state index contributed by atoms with van der Waals surface area (Å²) in [5, 5.41) is 7.51. The Hall–Kier alpha value is -1.81. The van der Waals surface area contributed by atoms with Crippen LogP contribution in [0, 0.1) is 12.3 Å². The quantitative estimate of drug-likeness (QED) is 0.741. The number of nitrogens with one attached hydrogen (secondary N) is 2. The second kappa shape index (κ2) is 7.83. The molecule has 0 spiro atoms. The Morgan fingerprint density at radius 3 is 2.77 bits per heavy atom. The lowest BCUT2D eigenvalue weighted by Gasteiger charge is -2.37. The predicted octanol–water partition coefficient (Wildman–Crippen LogP) is 0.870. The Balaban J connectivity index is 1.79. The van der Waals surface area contributed by atoms with Gasteiger partial charge in [-0.2, -0.15) is 5.10 Å². The van der Waals surface area contributed by atoms with Crippen LogP contribution in [0.1, 0.15) is 18.5 Å². The minimum Gasteiger partial charge on any atom is -0.384 e. The number of hydrogen-bond donors (Lipinski definition) is 2. The van der Waals surface area contributed by atoms with Gasteiger partial charge < -0.3 is 10.1 Å². The van der Waals surface area contributed by atoms with Gasteiger partial charge in [-0.1, -0.05) is 6.07 Å². The van der Waals surface area contributed by atoms with Crippen molar-refractivity contribution in [1.29, 1.82) is 0 Å². The van der Waals surface area contributed by atoms with Crippen molar-refractivity contribution >= 4 is 10.0 Å². The molecule has 2 aromatic rings. The Kier molecular flexibility index (Phi) is 5.71. The fraction of sp³-hybridized carbons (Fsp3) is 0.529. The number of hydrogen-bond acceptors (Lipinski definition) is 6. The molecule has 0 unspecified atom stereocenters. The van der Waals surface area contributed by atoms with E-state index in [0.717, 1.165) is 25.9 Å². The largest absolute Gasteiger partial charge is 0.384 e. The molecule has 0 saturated carbocycles. The van der Waals surface area contributed by atoms with Gasteiger partial charge in [0.1, 0.15) is 4.90 Å². The van der Waals surface area contributed by atoms with Crippen molar-refractivity contribution in [2.24, 2.45) is 5.41 Å². The lowest BCUT2D eigenvalue weighted by Crippen LogP contribution is -2.47. The van der Waals surface area contributed by atoms with E-state index in [1.165, 1.54) is 10.9 Å². The summed E-state index contributed by atoms with van der Waals surface area (Å²) < 4.78 is 35.3. The first-order valence-electron chi connectivity index (χ1n) is 8.63. The van der Waals surface area contributed by atoms with Crippen molar-refractivity contribution in [3.05, 3.63) is 36.3 Å². The van der Waals surface area contributed by atoms with Crippen molar-refractivity contribution in [3.63, 3.8) is 0 Å². The predicted molar refractivity (Wildman–Crippen MR) is 97.7 cm³/mol. The number of nitrogens with zero attached hydrogens (tertiary/aromatic N) is 3. The van der Waals surface area contributed by atoms with Gasteiger partial charge in [-0.05, 0) is 45.0 Å². The third-order valence-corrected chi connectivity index (χ3v) is 6.38. The van der Waals surface area contributed by atoms with E-state index >= 15 is 0 Å². The van der Waals surface area contributed by atoms with Gasteiger partial charge in [0, 0.05) is 25.3 Å². The molecule has 142 valence electrons. The van der Waals surface area contributed by atoms with E-state index in [-0.39, 0.29) is 10.3 Å². The molecule has 2 N–H and O–H groups in total. The van der Waals surface area contributed by atoms with E-state index in [4.69, 9.17) is 4.74 Å². The summed E-state index contributed by atoms with van der Waals surface area (Å²) in [6.45, 7) is 4.33. The third kappa shape index (κ3) is 3.96. The van der Waals surface area contributed by atoms with Crippen LogP contribution in [0.25, 0.3) is 5.82 Å². The van der Waals surface area contributed by atoms with Crippen molar-refractivity contribution in [1.82, 2.24) is 24.8 Å². The smallest absolute Gasteiger partial charge is 0.243 e. The van der Waals surface area contributed by atoms with E-state index in [1.54, 1.807) is 32.4 Å². The summed E-state index contributed by atoms with van der Waals surface area (Å²) in [6.07, 6.45) is 4.76. The zero-order chi connectivity index (χ0) is 18.6. The van der Waals surface area contributed by atoms with Crippen LogP contribution < -0.4 is 10.0 Å². The average Bonchev–Trinajstić information content (AvgIpc) is 3.04. The molecule has 0 aliphatic carbocycles. The molecular formula is C17H25N5O3S. The molecule has 26 heavy (non-hydrogen) atoms. The average molecular weight is 379 g/mol. The summed E-state index contributed by atoms with van der Waals surface area (Å²) in [5.74, 6) is 0.584. The summed E-state index contributed by atoms with van der Waals surface area (Å²) in [6, 6.07) is 5.42. The number of ether oxygens (including phenoxy) is 1. The lowest BCUT2D eigenvalue weighted by atomic mass is 9.80. The first-order valence-corrected chi connectivity index (χ1v) is 10.1. The third-order valence-electron chi connectivity index (χ3n) is 4.87. The van der Waals surface area contributed by atoms with Crippen molar-refractivity contribution in [2.75, 3.05) is 33.4 Å². The van der Waals surface area contributed by atoms with Gasteiger partial charge in [0.25, 0.3) is 0 Å². The highest BCUT2D eigenvalue weighted by molar-refractivity contribution is 7.89. The number of pyridine rings is 1. The van der Waals surface area contributed by atoms with Gasteiger partial charge in [0.15, 0.2) is 5.82 Å². The van der Waals surface area contributed by atoms with Crippen LogP contribution in [0.15, 0.2) is 35.5 Å². The number of methoxy groups -OCH3 is 1. The topological polar surface area (TPSA) is 98.1 Å². The normalized spacial score (nSPS) is 17.3. The summed E-state index contributed by atoms with van der Waals surface area (Å²) in [7, 11) is -2.02. The SMILES string of the molecule is COCC1(CNS(=O)(=O)c2cnn(-c3ccccn3)c2C)CCNCC1. The van der Waals surface area contributed by atoms with Crippen molar-refractivity contribution in [3.8, 4) is 5.82 Å². The highest BCUT2D eigenvalue weighted by Crippen LogP contribution is 2.29. The van der Waals surface area contributed by atoms with Gasteiger partial charge in [-0.3, -0.25) is 0 Å². The standard InChI is InChI=1S/C17H25N5O3S/c1-14-15(11-20-22(14)16-5-3-4-8-19-16)26(23,24)21-12-17(13-25-2)6-9-18-10-7-17/h3-5,8,11,18,21H,6-7,9-10,12-13H2,1-2H3. The molecule has 0 bridgehead atoms. The van der Waals surface area contributed by atoms with E-state index in [1.807, 2.05) is 6.07 Å². The highest BCUT2D eigenvalue weighted by Gasteiger charge is 2.34. The van der Waals surface area contributed by atoms with Gasteiger partial charge in [0.2, 0.25) is 10.0 Å². The first kappa shape index (κ1) is 19.0. The number of sulfonamides is 1. The van der Waals surface area contributed by atoms with E-state index in [9.17, 15) is 8.42 Å². The molecule has 1 aliphatic rings. The molecule has 1 aliphatic heterocycles. The van der Waals surface area contributed by atoms with Crippen molar-refractivity contribution in [2.45, 2.75) is 24.7 Å². The first-order chi connectivity index (χ1) is 12.5. The molecule has 9 heteroatoms. The lowest BCUT2D eigenvalue weighted by molar-refractivity contribution is 0.0577. The van der Waals surface area contributed by atoms with Crippen molar-refractivity contribution < 1.29 is 13.2 Å². The maximum atomic E-state index is 12.8. The molecule has 8 nitrogen and oxygen atoms in total. The summed E-state index contributed by atoms with van der Waals surface area (Å²) >= 11 is 0. The van der Waals surface area contributed by atoms with Crippen LogP contribution in [-0.2, 0) is 14.8 Å². The van der Waals surface area contributed by atoms with E-state index < -0.39 is 10.0 Å². The molecule has 0 amide bonds. The molecule has 0 radical (unpaired) electrons. The van der Waals surface area contributed by atoms with Crippen LogP contribution in [0.2, 0.25) is 0 Å². The van der Waals surface area contributed by atoms with E-state index in [2.05, 4.69) is 20.1 Å². The van der Waals surface area contributed by atoms with Gasteiger partial charge in [0.05, 0.1) is 18.5 Å². The number of rotatable bonds is 7. The molecule has 1 fully saturated rings. The second-order valence-corrected chi connectivity index (χ2v) is 8.44. The Morgan fingerprint density at radius 1 is 1.35 bits per heavy atom.